The Morgan fingerprint density at radius 3 is 2.28 bits per heavy atom. The Hall–Kier alpha value is -1.49. The number of rotatable bonds is 1. The van der Waals surface area contributed by atoms with Crippen LogP contribution in [-0.2, 0) is 10.2 Å². The van der Waals surface area contributed by atoms with Gasteiger partial charge >= 0.3 is 0 Å². The Kier molecular flexibility index (Phi) is 3.61. The number of morpholine rings is 1. The van der Waals surface area contributed by atoms with Gasteiger partial charge in [0.2, 0.25) is 5.82 Å². The minimum absolute atomic E-state index is 0.000538. The summed E-state index contributed by atoms with van der Waals surface area (Å²) in [6, 6.07) is 0. The number of nitrogens with zero attached hydrogens (tertiary/aromatic N) is 3. The second-order valence-electron chi connectivity index (χ2n) is 5.45. The lowest BCUT2D eigenvalue weighted by Gasteiger charge is -2.26. The Balaban J connectivity index is 2.11. The molecule has 2 rings (SSSR count). The molecule has 98 valence electrons. The van der Waals surface area contributed by atoms with Gasteiger partial charge < -0.3 is 9.64 Å². The first-order valence-electron chi connectivity index (χ1n) is 6.18. The highest BCUT2D eigenvalue weighted by Gasteiger charge is 2.22. The van der Waals surface area contributed by atoms with Crippen LogP contribution in [0.2, 0.25) is 0 Å². The summed E-state index contributed by atoms with van der Waals surface area (Å²) in [5.41, 5.74) is 1.03. The molecule has 0 N–H and O–H groups in total. The van der Waals surface area contributed by atoms with Gasteiger partial charge in [0.25, 0.3) is 5.91 Å². The van der Waals surface area contributed by atoms with Crippen molar-refractivity contribution in [1.82, 2.24) is 14.9 Å². The van der Waals surface area contributed by atoms with Gasteiger partial charge in [-0.1, -0.05) is 20.8 Å². The zero-order valence-electron chi connectivity index (χ0n) is 11.1. The molecule has 0 bridgehead atoms. The second kappa shape index (κ2) is 5.02. The van der Waals surface area contributed by atoms with E-state index in [1.807, 2.05) is 0 Å². The fraction of sp³-hybridized carbons (Fsp3) is 0.615. The summed E-state index contributed by atoms with van der Waals surface area (Å²) in [4.78, 5) is 22.2. The van der Waals surface area contributed by atoms with E-state index < -0.39 is 0 Å². The smallest absolute Gasteiger partial charge is 0.291 e. The Morgan fingerprint density at radius 1 is 1.22 bits per heavy atom. The average molecular weight is 249 g/mol. The van der Waals surface area contributed by atoms with E-state index in [0.717, 1.165) is 5.56 Å². The van der Waals surface area contributed by atoms with E-state index in [-0.39, 0.29) is 17.1 Å². The summed E-state index contributed by atoms with van der Waals surface area (Å²) in [5.74, 6) is 0.156. The number of carbonyl (C=O) groups is 1. The standard InChI is InChI=1S/C13H19N3O2/c1-13(2,3)10-8-14-11(15-9-10)12(17)16-4-6-18-7-5-16/h8-9H,4-7H2,1-3H3. The van der Waals surface area contributed by atoms with Gasteiger partial charge in [-0.15, -0.1) is 0 Å². The third-order valence-electron chi connectivity index (χ3n) is 3.01. The molecule has 18 heavy (non-hydrogen) atoms. The first-order valence-corrected chi connectivity index (χ1v) is 6.18. The minimum Gasteiger partial charge on any atom is -0.378 e. The molecule has 0 atom stereocenters. The quantitative estimate of drug-likeness (QED) is 0.751. The molecule has 0 unspecified atom stereocenters. The van der Waals surface area contributed by atoms with Gasteiger partial charge in [-0.3, -0.25) is 4.79 Å². The number of carbonyl (C=O) groups excluding carboxylic acids is 1. The van der Waals surface area contributed by atoms with E-state index in [1.165, 1.54) is 0 Å². The number of hydrogen-bond donors (Lipinski definition) is 0. The number of ether oxygens (including phenoxy) is 1. The summed E-state index contributed by atoms with van der Waals surface area (Å²) < 4.78 is 5.21. The van der Waals surface area contributed by atoms with Crippen molar-refractivity contribution < 1.29 is 9.53 Å². The largest absolute Gasteiger partial charge is 0.378 e. The Labute approximate surface area is 107 Å². The van der Waals surface area contributed by atoms with Crippen molar-refractivity contribution in [3.05, 3.63) is 23.8 Å². The first-order chi connectivity index (χ1) is 8.48. The van der Waals surface area contributed by atoms with Gasteiger partial charge in [0.1, 0.15) is 0 Å². The zero-order valence-corrected chi connectivity index (χ0v) is 11.1. The molecule has 0 spiro atoms. The van der Waals surface area contributed by atoms with Crippen LogP contribution in [0.1, 0.15) is 37.0 Å². The average Bonchev–Trinajstić information content (AvgIpc) is 2.38. The summed E-state index contributed by atoms with van der Waals surface area (Å²) >= 11 is 0. The molecular formula is C13H19N3O2. The van der Waals surface area contributed by atoms with Crippen LogP contribution >= 0.6 is 0 Å². The third kappa shape index (κ3) is 2.85. The van der Waals surface area contributed by atoms with Crippen LogP contribution in [0.5, 0.6) is 0 Å². The predicted octanol–water partition coefficient (Wildman–Crippen LogP) is 1.25. The third-order valence-corrected chi connectivity index (χ3v) is 3.01. The van der Waals surface area contributed by atoms with Crippen molar-refractivity contribution in [3.63, 3.8) is 0 Å². The van der Waals surface area contributed by atoms with Crippen LogP contribution in [0.3, 0.4) is 0 Å². The molecule has 1 fully saturated rings. The summed E-state index contributed by atoms with van der Waals surface area (Å²) in [6.07, 6.45) is 3.47. The molecule has 2 heterocycles. The van der Waals surface area contributed by atoms with Crippen molar-refractivity contribution in [3.8, 4) is 0 Å². The molecule has 5 nitrogen and oxygen atoms in total. The van der Waals surface area contributed by atoms with Gasteiger partial charge in [-0.25, -0.2) is 9.97 Å². The van der Waals surface area contributed by atoms with E-state index in [4.69, 9.17) is 4.74 Å². The van der Waals surface area contributed by atoms with Crippen LogP contribution in [0, 0.1) is 0 Å². The summed E-state index contributed by atoms with van der Waals surface area (Å²) in [6.45, 7) is 8.68. The van der Waals surface area contributed by atoms with Crippen molar-refractivity contribution in [2.75, 3.05) is 26.3 Å². The van der Waals surface area contributed by atoms with Crippen LogP contribution in [0.4, 0.5) is 0 Å². The molecular weight excluding hydrogens is 230 g/mol. The lowest BCUT2D eigenvalue weighted by Crippen LogP contribution is -2.41. The molecule has 1 aromatic heterocycles. The normalized spacial score (nSPS) is 16.7. The van der Waals surface area contributed by atoms with Crippen LogP contribution in [0.15, 0.2) is 12.4 Å². The molecule has 1 saturated heterocycles. The van der Waals surface area contributed by atoms with Crippen LogP contribution in [0.25, 0.3) is 0 Å². The molecule has 0 aliphatic carbocycles. The van der Waals surface area contributed by atoms with Gasteiger partial charge in [0.05, 0.1) is 13.2 Å². The molecule has 5 heteroatoms. The maximum atomic E-state index is 12.1. The number of aromatic nitrogens is 2. The van der Waals surface area contributed by atoms with Gasteiger partial charge in [-0.05, 0) is 11.0 Å². The lowest BCUT2D eigenvalue weighted by atomic mass is 9.89. The molecule has 1 aromatic rings. The van der Waals surface area contributed by atoms with Crippen molar-refractivity contribution in [2.45, 2.75) is 26.2 Å². The maximum Gasteiger partial charge on any atom is 0.291 e. The van der Waals surface area contributed by atoms with Crippen molar-refractivity contribution in [1.29, 1.82) is 0 Å². The highest BCUT2D eigenvalue weighted by Crippen LogP contribution is 2.20. The molecule has 0 aromatic carbocycles. The fourth-order valence-corrected chi connectivity index (χ4v) is 1.73. The van der Waals surface area contributed by atoms with Crippen molar-refractivity contribution >= 4 is 5.91 Å². The summed E-state index contributed by atoms with van der Waals surface area (Å²) in [5, 5.41) is 0. The summed E-state index contributed by atoms with van der Waals surface area (Å²) in [7, 11) is 0. The predicted molar refractivity (Wildman–Crippen MR) is 67.5 cm³/mol. The SMILES string of the molecule is CC(C)(C)c1cnc(C(=O)N2CCOCC2)nc1. The molecule has 1 amide bonds. The first kappa shape index (κ1) is 13.0. The van der Waals surface area contributed by atoms with Gasteiger partial charge in [0.15, 0.2) is 0 Å². The van der Waals surface area contributed by atoms with Crippen LogP contribution in [-0.4, -0.2) is 47.1 Å². The highest BCUT2D eigenvalue weighted by atomic mass is 16.5. The highest BCUT2D eigenvalue weighted by molar-refractivity contribution is 5.90. The van der Waals surface area contributed by atoms with Crippen molar-refractivity contribution in [2.24, 2.45) is 0 Å². The zero-order chi connectivity index (χ0) is 13.2. The van der Waals surface area contributed by atoms with E-state index in [1.54, 1.807) is 17.3 Å². The lowest BCUT2D eigenvalue weighted by molar-refractivity contribution is 0.0294. The maximum absolute atomic E-state index is 12.1. The molecule has 0 radical (unpaired) electrons. The van der Waals surface area contributed by atoms with E-state index in [2.05, 4.69) is 30.7 Å². The fourth-order valence-electron chi connectivity index (χ4n) is 1.73. The van der Waals surface area contributed by atoms with E-state index in [9.17, 15) is 4.79 Å². The molecule has 1 aliphatic heterocycles. The molecule has 1 aliphatic rings. The minimum atomic E-state index is -0.112. The number of hydrogen-bond acceptors (Lipinski definition) is 4. The monoisotopic (exact) mass is 249 g/mol. The second-order valence-corrected chi connectivity index (χ2v) is 5.45. The van der Waals surface area contributed by atoms with E-state index in [0.29, 0.717) is 26.3 Å². The Morgan fingerprint density at radius 2 is 1.78 bits per heavy atom. The van der Waals surface area contributed by atoms with Gasteiger partial charge in [-0.2, -0.15) is 0 Å². The van der Waals surface area contributed by atoms with Gasteiger partial charge in [0, 0.05) is 25.5 Å². The number of amides is 1. The molecule has 0 saturated carbocycles. The van der Waals surface area contributed by atoms with Crippen LogP contribution < -0.4 is 0 Å². The topological polar surface area (TPSA) is 55.3 Å². The van der Waals surface area contributed by atoms with E-state index >= 15 is 0 Å². The Bertz CT molecular complexity index is 417.